The zero-order valence-electron chi connectivity index (χ0n) is 11.2. The Morgan fingerprint density at radius 1 is 1.33 bits per heavy atom. The van der Waals surface area contributed by atoms with Crippen LogP contribution >= 0.6 is 0 Å². The number of carboxylic acids is 1. The Hall–Kier alpha value is -2.96. The summed E-state index contributed by atoms with van der Waals surface area (Å²) >= 11 is 0. The molecule has 0 unspecified atom stereocenters. The van der Waals surface area contributed by atoms with Gasteiger partial charge in [-0.1, -0.05) is 24.3 Å². The molecule has 2 heterocycles. The first-order chi connectivity index (χ1) is 10.1. The highest BCUT2D eigenvalue weighted by molar-refractivity contribution is 5.69. The quantitative estimate of drug-likeness (QED) is 0.773. The maximum absolute atomic E-state index is 12.2. The predicted octanol–water partition coefficient (Wildman–Crippen LogP) is 0.951. The van der Waals surface area contributed by atoms with Gasteiger partial charge in [-0.15, -0.1) is 0 Å². The van der Waals surface area contributed by atoms with E-state index in [9.17, 15) is 9.59 Å². The number of rotatable bonds is 3. The third kappa shape index (κ3) is 2.29. The fourth-order valence-electron chi connectivity index (χ4n) is 2.17. The number of hydrogen-bond acceptors (Lipinski definition) is 4. The molecule has 0 aliphatic rings. The van der Waals surface area contributed by atoms with E-state index >= 15 is 0 Å². The van der Waals surface area contributed by atoms with Crippen molar-refractivity contribution in [2.24, 2.45) is 0 Å². The van der Waals surface area contributed by atoms with E-state index in [2.05, 4.69) is 10.2 Å². The summed E-state index contributed by atoms with van der Waals surface area (Å²) in [5.41, 5.74) is 2.43. The number of fused-ring (bicyclic) bond motifs is 1. The van der Waals surface area contributed by atoms with Crippen LogP contribution in [0.4, 0.5) is 0 Å². The van der Waals surface area contributed by atoms with Crippen LogP contribution in [0.15, 0.2) is 41.5 Å². The molecule has 106 valence electrons. The van der Waals surface area contributed by atoms with Gasteiger partial charge in [0.15, 0.2) is 0 Å². The minimum atomic E-state index is -1.12. The van der Waals surface area contributed by atoms with Crippen molar-refractivity contribution in [3.8, 4) is 11.3 Å². The zero-order valence-corrected chi connectivity index (χ0v) is 11.2. The van der Waals surface area contributed by atoms with Crippen LogP contribution in [-0.2, 0) is 11.3 Å². The maximum Gasteiger partial charge on any atom is 0.325 e. The van der Waals surface area contributed by atoms with Gasteiger partial charge in [0.05, 0.1) is 5.69 Å². The number of hydrogen-bond donors (Lipinski definition) is 1. The molecule has 0 radical (unpaired) electrons. The van der Waals surface area contributed by atoms with E-state index in [1.54, 1.807) is 6.07 Å². The minimum Gasteiger partial charge on any atom is -0.480 e. The third-order valence-electron chi connectivity index (χ3n) is 3.20. The van der Waals surface area contributed by atoms with Gasteiger partial charge in [0.1, 0.15) is 18.4 Å². The molecule has 0 saturated heterocycles. The summed E-state index contributed by atoms with van der Waals surface area (Å²) in [6.07, 6.45) is 1.33. The van der Waals surface area contributed by atoms with Crippen molar-refractivity contribution >= 4 is 11.5 Å². The van der Waals surface area contributed by atoms with Crippen molar-refractivity contribution in [1.82, 2.24) is 19.4 Å². The molecular weight excluding hydrogens is 272 g/mol. The molecule has 1 aromatic carbocycles. The van der Waals surface area contributed by atoms with Gasteiger partial charge in [-0.25, -0.2) is 9.20 Å². The Morgan fingerprint density at radius 3 is 2.81 bits per heavy atom. The lowest BCUT2D eigenvalue weighted by molar-refractivity contribution is -0.138. The van der Waals surface area contributed by atoms with Crippen LogP contribution in [0.2, 0.25) is 0 Å². The molecular formula is C14H12N4O3. The number of carboxylic acid groups (broad SMARTS) is 1. The second-order valence-electron chi connectivity index (χ2n) is 4.66. The van der Waals surface area contributed by atoms with Gasteiger partial charge in [-0.2, -0.15) is 10.2 Å². The summed E-state index contributed by atoms with van der Waals surface area (Å²) in [6, 6.07) is 9.34. The molecule has 0 amide bonds. The van der Waals surface area contributed by atoms with Gasteiger partial charge in [0.25, 0.3) is 5.56 Å². The first-order valence-corrected chi connectivity index (χ1v) is 6.29. The lowest BCUT2D eigenvalue weighted by atomic mass is 10.1. The predicted molar refractivity (Wildman–Crippen MR) is 75.1 cm³/mol. The Labute approximate surface area is 119 Å². The monoisotopic (exact) mass is 284 g/mol. The second kappa shape index (κ2) is 4.86. The average Bonchev–Trinajstić information content (AvgIpc) is 2.87. The minimum absolute atomic E-state index is 0.296. The fourth-order valence-corrected chi connectivity index (χ4v) is 2.17. The second-order valence-corrected chi connectivity index (χ2v) is 4.66. The van der Waals surface area contributed by atoms with Crippen molar-refractivity contribution in [3.63, 3.8) is 0 Å². The molecule has 0 spiro atoms. The highest BCUT2D eigenvalue weighted by Gasteiger charge is 2.12. The van der Waals surface area contributed by atoms with Gasteiger partial charge in [-0.05, 0) is 18.6 Å². The lowest BCUT2D eigenvalue weighted by Gasteiger charge is -2.00. The standard InChI is InChI=1S/C14H12N4O3/c1-9-4-2-3-5-10(9)11-6-12-14(21)17(7-13(19)20)15-8-18(12)16-11/h2-6,8H,7H2,1H3,(H,19,20). The SMILES string of the molecule is Cc1ccccc1-c1cc2c(=O)n(CC(=O)O)ncn2n1. The van der Waals surface area contributed by atoms with Crippen LogP contribution in [0.5, 0.6) is 0 Å². The van der Waals surface area contributed by atoms with Crippen LogP contribution in [0.1, 0.15) is 5.56 Å². The lowest BCUT2D eigenvalue weighted by Crippen LogP contribution is -2.27. The number of aliphatic carboxylic acids is 1. The van der Waals surface area contributed by atoms with Crippen molar-refractivity contribution in [1.29, 1.82) is 0 Å². The van der Waals surface area contributed by atoms with E-state index in [0.29, 0.717) is 11.2 Å². The van der Waals surface area contributed by atoms with Gasteiger partial charge in [0.2, 0.25) is 0 Å². The Balaban J connectivity index is 2.17. The van der Waals surface area contributed by atoms with E-state index in [1.807, 2.05) is 31.2 Å². The topological polar surface area (TPSA) is 89.5 Å². The first kappa shape index (κ1) is 13.0. The van der Waals surface area contributed by atoms with Gasteiger partial charge >= 0.3 is 5.97 Å². The molecule has 0 aliphatic carbocycles. The largest absolute Gasteiger partial charge is 0.480 e. The van der Waals surface area contributed by atoms with Gasteiger partial charge in [0, 0.05) is 5.56 Å². The number of nitrogens with zero attached hydrogens (tertiary/aromatic N) is 4. The van der Waals surface area contributed by atoms with E-state index in [0.717, 1.165) is 15.8 Å². The van der Waals surface area contributed by atoms with Crippen LogP contribution < -0.4 is 5.56 Å². The smallest absolute Gasteiger partial charge is 0.325 e. The fraction of sp³-hybridized carbons (Fsp3) is 0.143. The van der Waals surface area contributed by atoms with Crippen molar-refractivity contribution in [2.75, 3.05) is 0 Å². The maximum atomic E-state index is 12.2. The van der Waals surface area contributed by atoms with Crippen LogP contribution in [-0.4, -0.2) is 30.5 Å². The highest BCUT2D eigenvalue weighted by atomic mass is 16.4. The molecule has 0 fully saturated rings. The van der Waals surface area contributed by atoms with E-state index in [-0.39, 0.29) is 0 Å². The molecule has 21 heavy (non-hydrogen) atoms. The summed E-state index contributed by atoms with van der Waals surface area (Å²) in [7, 11) is 0. The number of aryl methyl sites for hydroxylation is 1. The first-order valence-electron chi connectivity index (χ1n) is 6.29. The number of carbonyl (C=O) groups is 1. The third-order valence-corrected chi connectivity index (χ3v) is 3.20. The zero-order chi connectivity index (χ0) is 15.0. The van der Waals surface area contributed by atoms with E-state index in [1.165, 1.54) is 10.8 Å². The number of benzene rings is 1. The van der Waals surface area contributed by atoms with Gasteiger partial charge in [-0.3, -0.25) is 9.59 Å². The van der Waals surface area contributed by atoms with Crippen LogP contribution in [0, 0.1) is 6.92 Å². The molecule has 3 aromatic rings. The summed E-state index contributed by atoms with van der Waals surface area (Å²) < 4.78 is 2.27. The summed E-state index contributed by atoms with van der Waals surface area (Å²) in [5.74, 6) is -1.12. The molecule has 7 nitrogen and oxygen atoms in total. The summed E-state index contributed by atoms with van der Waals surface area (Å²) in [5, 5.41) is 16.9. The number of aromatic nitrogens is 4. The normalized spacial score (nSPS) is 10.9. The molecule has 2 aromatic heterocycles. The van der Waals surface area contributed by atoms with Crippen LogP contribution in [0.3, 0.4) is 0 Å². The van der Waals surface area contributed by atoms with Crippen molar-refractivity contribution in [3.05, 3.63) is 52.6 Å². The molecule has 1 N–H and O–H groups in total. The van der Waals surface area contributed by atoms with Crippen LogP contribution in [0.25, 0.3) is 16.8 Å². The summed E-state index contributed by atoms with van der Waals surface area (Å²) in [6.45, 7) is 1.49. The Morgan fingerprint density at radius 2 is 2.10 bits per heavy atom. The summed E-state index contributed by atoms with van der Waals surface area (Å²) in [4.78, 5) is 22.9. The van der Waals surface area contributed by atoms with E-state index in [4.69, 9.17) is 5.11 Å². The molecule has 0 bridgehead atoms. The van der Waals surface area contributed by atoms with Crippen molar-refractivity contribution < 1.29 is 9.90 Å². The molecule has 3 rings (SSSR count). The van der Waals surface area contributed by atoms with E-state index < -0.39 is 18.1 Å². The highest BCUT2D eigenvalue weighted by Crippen LogP contribution is 2.21. The molecule has 7 heteroatoms. The molecule has 0 saturated carbocycles. The average molecular weight is 284 g/mol. The van der Waals surface area contributed by atoms with Crippen molar-refractivity contribution in [2.45, 2.75) is 13.5 Å². The Bertz CT molecular complexity index is 895. The molecule has 0 atom stereocenters. The molecule has 0 aliphatic heterocycles. The Kier molecular flexibility index (Phi) is 3.02. The van der Waals surface area contributed by atoms with Gasteiger partial charge < -0.3 is 5.11 Å².